The Morgan fingerprint density at radius 2 is 1.82 bits per heavy atom. The topological polar surface area (TPSA) is 64.2 Å². The van der Waals surface area contributed by atoms with Crippen molar-refractivity contribution in [3.63, 3.8) is 0 Å². The Morgan fingerprint density at radius 3 is 2.55 bits per heavy atom. The summed E-state index contributed by atoms with van der Waals surface area (Å²) >= 11 is 0. The van der Waals surface area contributed by atoms with E-state index in [9.17, 15) is 0 Å². The highest BCUT2D eigenvalue weighted by Crippen LogP contribution is 2.60. The number of hydrogen-bond donors (Lipinski definition) is 1. The quantitative estimate of drug-likeness (QED) is 0.485. The molecule has 4 fully saturated rings. The molecule has 0 radical (unpaired) electrons. The van der Waals surface area contributed by atoms with Crippen LogP contribution in [0.25, 0.3) is 27.7 Å². The second-order valence-corrected chi connectivity index (χ2v) is 10.8. The molecule has 4 aliphatic carbocycles. The molecule has 0 spiro atoms. The zero-order valence-electron chi connectivity index (χ0n) is 19.4. The molecule has 4 saturated carbocycles. The van der Waals surface area contributed by atoms with Gasteiger partial charge in [-0.25, -0.2) is 0 Å². The fourth-order valence-corrected chi connectivity index (χ4v) is 7.25. The van der Waals surface area contributed by atoms with Crippen molar-refractivity contribution in [1.82, 2.24) is 9.97 Å². The maximum absolute atomic E-state index is 6.13. The maximum atomic E-state index is 6.13. The summed E-state index contributed by atoms with van der Waals surface area (Å²) in [5, 5.41) is 1.13. The summed E-state index contributed by atoms with van der Waals surface area (Å²) < 4.78 is 0. The monoisotopic (exact) mass is 436 g/mol. The van der Waals surface area contributed by atoms with E-state index in [4.69, 9.17) is 15.7 Å². The van der Waals surface area contributed by atoms with Crippen molar-refractivity contribution in [2.45, 2.75) is 45.4 Å². The van der Waals surface area contributed by atoms with Crippen LogP contribution in [0.2, 0.25) is 0 Å². The van der Waals surface area contributed by atoms with Crippen LogP contribution in [0.15, 0.2) is 59.9 Å². The van der Waals surface area contributed by atoms with Crippen LogP contribution in [-0.2, 0) is 0 Å². The standard InChI is InChI=1S/C29H32N4/c1-19-4-7-26(28(33-19)24-6-5-23-3-2-8-32-27(23)12-24)25(16-30)17-31-18-29-13-20-9-21(14-29)11-22(10-20)15-29/h2-8,12,16-17,20-22H,9-11,13-15,18,30H2,1H3/b25-16+,31-17?. The van der Waals surface area contributed by atoms with Crippen molar-refractivity contribution in [2.75, 3.05) is 6.54 Å². The van der Waals surface area contributed by atoms with Crippen molar-refractivity contribution in [2.24, 2.45) is 33.9 Å². The van der Waals surface area contributed by atoms with Crippen LogP contribution in [0.5, 0.6) is 0 Å². The first kappa shape index (κ1) is 20.6. The predicted molar refractivity (Wildman–Crippen MR) is 136 cm³/mol. The minimum Gasteiger partial charge on any atom is -0.404 e. The molecular formula is C29H32N4. The minimum atomic E-state index is 0.434. The van der Waals surface area contributed by atoms with Crippen molar-refractivity contribution < 1.29 is 0 Å². The summed E-state index contributed by atoms with van der Waals surface area (Å²) in [5.74, 6) is 2.85. The molecule has 7 rings (SSSR count). The molecule has 0 unspecified atom stereocenters. The third-order valence-electron chi connectivity index (χ3n) is 8.23. The molecule has 4 aliphatic rings. The largest absolute Gasteiger partial charge is 0.404 e. The molecular weight excluding hydrogens is 404 g/mol. The summed E-state index contributed by atoms with van der Waals surface area (Å²) in [6.07, 6.45) is 14.0. The molecule has 3 aromatic rings. The average Bonchev–Trinajstić information content (AvgIpc) is 2.81. The van der Waals surface area contributed by atoms with Crippen LogP contribution in [0.4, 0.5) is 0 Å². The number of aliphatic imine (C=N–C) groups is 1. The van der Waals surface area contributed by atoms with Gasteiger partial charge >= 0.3 is 0 Å². The second-order valence-electron chi connectivity index (χ2n) is 10.8. The lowest BCUT2D eigenvalue weighted by molar-refractivity contribution is -0.0464. The number of nitrogens with two attached hydrogens (primary N) is 1. The van der Waals surface area contributed by atoms with Gasteiger partial charge in [-0.1, -0.05) is 24.3 Å². The van der Waals surface area contributed by atoms with Gasteiger partial charge in [-0.15, -0.1) is 0 Å². The Bertz CT molecular complexity index is 1220. The fourth-order valence-electron chi connectivity index (χ4n) is 7.25. The fraction of sp³-hybridized carbons (Fsp3) is 0.414. The number of pyridine rings is 2. The van der Waals surface area contributed by atoms with Crippen LogP contribution < -0.4 is 5.73 Å². The van der Waals surface area contributed by atoms with Crippen molar-refractivity contribution >= 4 is 22.7 Å². The van der Waals surface area contributed by atoms with E-state index >= 15 is 0 Å². The Kier molecular flexibility index (Phi) is 5.05. The van der Waals surface area contributed by atoms with Gasteiger partial charge in [-0.05, 0) is 86.8 Å². The highest BCUT2D eigenvalue weighted by molar-refractivity contribution is 6.12. The molecule has 0 saturated heterocycles. The van der Waals surface area contributed by atoms with E-state index in [1.807, 2.05) is 25.4 Å². The molecule has 0 amide bonds. The lowest BCUT2D eigenvalue weighted by Crippen LogP contribution is -2.47. The van der Waals surface area contributed by atoms with Gasteiger partial charge in [0, 0.05) is 52.9 Å². The van der Waals surface area contributed by atoms with Crippen LogP contribution >= 0.6 is 0 Å². The summed E-state index contributed by atoms with van der Waals surface area (Å²) in [4.78, 5) is 14.4. The lowest BCUT2D eigenvalue weighted by Gasteiger charge is -2.56. The van der Waals surface area contributed by atoms with E-state index in [1.165, 1.54) is 38.5 Å². The lowest BCUT2D eigenvalue weighted by atomic mass is 9.49. The summed E-state index contributed by atoms with van der Waals surface area (Å²) in [6.45, 7) is 2.96. The highest BCUT2D eigenvalue weighted by Gasteiger charge is 2.50. The first-order valence-electron chi connectivity index (χ1n) is 12.4. The van der Waals surface area contributed by atoms with Gasteiger partial charge in [-0.3, -0.25) is 15.0 Å². The van der Waals surface area contributed by atoms with Crippen LogP contribution in [0, 0.1) is 30.1 Å². The van der Waals surface area contributed by atoms with Crippen LogP contribution in [-0.4, -0.2) is 22.7 Å². The van der Waals surface area contributed by atoms with Crippen LogP contribution in [0.3, 0.4) is 0 Å². The van der Waals surface area contributed by atoms with Gasteiger partial charge < -0.3 is 5.73 Å². The molecule has 168 valence electrons. The van der Waals surface area contributed by atoms with E-state index in [0.717, 1.165) is 63.3 Å². The molecule has 4 heteroatoms. The molecule has 2 aromatic heterocycles. The maximum Gasteiger partial charge on any atom is 0.0785 e. The molecule has 0 aliphatic heterocycles. The number of benzene rings is 1. The van der Waals surface area contributed by atoms with Gasteiger partial charge in [0.25, 0.3) is 0 Å². The van der Waals surface area contributed by atoms with Gasteiger partial charge in [0.2, 0.25) is 0 Å². The number of aryl methyl sites for hydroxylation is 1. The van der Waals surface area contributed by atoms with Gasteiger partial charge in [0.1, 0.15) is 0 Å². The molecule has 33 heavy (non-hydrogen) atoms. The van der Waals surface area contributed by atoms with Gasteiger partial charge in [0.15, 0.2) is 0 Å². The van der Waals surface area contributed by atoms with Crippen molar-refractivity contribution in [3.8, 4) is 11.3 Å². The SMILES string of the molecule is Cc1ccc(/C(C=NCC23CC4CC(CC(C4)C2)C3)=C/N)c(-c2ccc3cccnc3c2)n1. The first-order chi connectivity index (χ1) is 16.1. The van der Waals surface area contributed by atoms with E-state index in [2.05, 4.69) is 41.4 Å². The molecule has 4 bridgehead atoms. The predicted octanol–water partition coefficient (Wildman–Crippen LogP) is 6.19. The van der Waals surface area contributed by atoms with E-state index in [-0.39, 0.29) is 0 Å². The molecule has 2 heterocycles. The smallest absolute Gasteiger partial charge is 0.0785 e. The Labute approximate surface area is 196 Å². The van der Waals surface area contributed by atoms with Crippen molar-refractivity contribution in [3.05, 3.63) is 66.1 Å². The number of rotatable bonds is 5. The molecule has 0 atom stereocenters. The van der Waals surface area contributed by atoms with Crippen LogP contribution in [0.1, 0.15) is 49.8 Å². The Balaban J connectivity index is 1.29. The Hall–Kier alpha value is -3.01. The first-order valence-corrected chi connectivity index (χ1v) is 12.4. The molecule has 4 nitrogen and oxygen atoms in total. The summed E-state index contributed by atoms with van der Waals surface area (Å²) in [6, 6.07) is 14.6. The highest BCUT2D eigenvalue weighted by atomic mass is 14.8. The number of nitrogens with zero attached hydrogens (tertiary/aromatic N) is 3. The van der Waals surface area contributed by atoms with Crippen molar-refractivity contribution in [1.29, 1.82) is 0 Å². The summed E-state index contributed by atoms with van der Waals surface area (Å²) in [5.41, 5.74) is 12.5. The third kappa shape index (κ3) is 3.86. The average molecular weight is 437 g/mol. The van der Waals surface area contributed by atoms with E-state index < -0.39 is 0 Å². The summed E-state index contributed by atoms with van der Waals surface area (Å²) in [7, 11) is 0. The normalized spacial score (nSPS) is 28.8. The Morgan fingerprint density at radius 1 is 1.06 bits per heavy atom. The van der Waals surface area contributed by atoms with E-state index in [0.29, 0.717) is 5.41 Å². The van der Waals surface area contributed by atoms with Gasteiger partial charge in [-0.2, -0.15) is 0 Å². The second kappa shape index (κ2) is 8.09. The number of fused-ring (bicyclic) bond motifs is 1. The van der Waals surface area contributed by atoms with E-state index in [1.54, 1.807) is 6.20 Å². The minimum absolute atomic E-state index is 0.434. The zero-order valence-corrected chi connectivity index (χ0v) is 19.4. The molecule has 1 aromatic carbocycles. The molecule has 2 N–H and O–H groups in total. The number of hydrogen-bond acceptors (Lipinski definition) is 4. The number of aromatic nitrogens is 2. The number of allylic oxidation sites excluding steroid dienone is 1. The zero-order chi connectivity index (χ0) is 22.4. The third-order valence-corrected chi connectivity index (χ3v) is 8.23. The van der Waals surface area contributed by atoms with Gasteiger partial charge in [0.05, 0.1) is 11.2 Å².